The van der Waals surface area contributed by atoms with Crippen molar-refractivity contribution < 1.29 is 0 Å². The molecule has 0 spiro atoms. The first kappa shape index (κ1) is 18.3. The molecule has 3 nitrogen and oxygen atoms in total. The van der Waals surface area contributed by atoms with Crippen LogP contribution in [0.25, 0.3) is 21.5 Å². The van der Waals surface area contributed by atoms with Crippen molar-refractivity contribution in [1.29, 1.82) is 0 Å². The van der Waals surface area contributed by atoms with Crippen molar-refractivity contribution in [3.63, 3.8) is 0 Å². The minimum Gasteiger partial charge on any atom is -0.260 e. The zero-order valence-electron chi connectivity index (χ0n) is 13.7. The lowest BCUT2D eigenvalue weighted by molar-refractivity contribution is 1.23. The van der Waals surface area contributed by atoms with Crippen LogP contribution in [0.4, 0.5) is 5.82 Å². The van der Waals surface area contributed by atoms with Crippen LogP contribution in [-0.2, 0) is 0 Å². The molecule has 4 rings (SSSR count). The van der Waals surface area contributed by atoms with Gasteiger partial charge in [0.2, 0.25) is 0 Å². The summed E-state index contributed by atoms with van der Waals surface area (Å²) in [6, 6.07) is 17.4. The maximum absolute atomic E-state index is 6.61. The Morgan fingerprint density at radius 3 is 1.93 bits per heavy atom. The summed E-state index contributed by atoms with van der Waals surface area (Å²) in [5, 5.41) is 9.72. The molecule has 4 aromatic rings. The third-order valence-corrected chi connectivity index (χ3v) is 5.53. The average Bonchev–Trinajstić information content (AvgIpc) is 2.68. The summed E-state index contributed by atoms with van der Waals surface area (Å²) < 4.78 is 0. The Labute approximate surface area is 175 Å². The fraction of sp³-hybridized carbons (Fsp3) is 0. The van der Waals surface area contributed by atoms with Gasteiger partial charge in [-0.25, -0.2) is 4.98 Å². The van der Waals surface area contributed by atoms with Crippen LogP contribution < -0.4 is 5.43 Å². The number of rotatable bonds is 3. The number of hydrogen-bond donors (Lipinski definition) is 1. The van der Waals surface area contributed by atoms with Crippen molar-refractivity contribution in [2.45, 2.75) is 0 Å². The Balaban J connectivity index is 1.82. The Morgan fingerprint density at radius 2 is 1.33 bits per heavy atom. The Bertz CT molecular complexity index is 1150. The lowest BCUT2D eigenvalue weighted by Gasteiger charge is -2.11. The quantitative estimate of drug-likeness (QED) is 0.157. The molecule has 3 aromatic carbocycles. The number of pyridine rings is 1. The molecule has 0 aliphatic rings. The molecule has 0 fully saturated rings. The van der Waals surface area contributed by atoms with Crippen LogP contribution in [0.2, 0.25) is 20.2 Å². The molecule has 0 aliphatic carbocycles. The number of hydrogen-bond acceptors (Lipinski definition) is 3. The molecule has 1 aromatic heterocycles. The van der Waals surface area contributed by atoms with Gasteiger partial charge in [0, 0.05) is 16.3 Å². The second kappa shape index (κ2) is 7.53. The monoisotopic (exact) mass is 433 g/mol. The van der Waals surface area contributed by atoms with Crippen LogP contribution in [0, 0.1) is 0 Å². The molecule has 27 heavy (non-hydrogen) atoms. The van der Waals surface area contributed by atoms with Gasteiger partial charge in [0.05, 0.1) is 21.3 Å². The summed E-state index contributed by atoms with van der Waals surface area (Å²) in [5.74, 6) is 0.324. The topological polar surface area (TPSA) is 37.3 Å². The second-order valence-corrected chi connectivity index (χ2v) is 7.33. The highest BCUT2D eigenvalue weighted by molar-refractivity contribution is 6.43. The van der Waals surface area contributed by atoms with E-state index in [-0.39, 0.29) is 10.2 Å². The van der Waals surface area contributed by atoms with Crippen LogP contribution in [0.15, 0.2) is 59.7 Å². The van der Waals surface area contributed by atoms with Crippen molar-refractivity contribution in [2.24, 2.45) is 5.10 Å². The van der Waals surface area contributed by atoms with Gasteiger partial charge in [0.15, 0.2) is 5.82 Å². The van der Waals surface area contributed by atoms with E-state index in [1.807, 2.05) is 48.5 Å². The molecule has 0 aliphatic heterocycles. The van der Waals surface area contributed by atoms with Crippen LogP contribution in [0.1, 0.15) is 5.56 Å². The minimum absolute atomic E-state index is 0.154. The van der Waals surface area contributed by atoms with Gasteiger partial charge in [-0.15, -0.1) is 0 Å². The molecule has 134 valence electrons. The zero-order chi connectivity index (χ0) is 19.0. The third kappa shape index (κ3) is 3.44. The molecular weight excluding hydrogens is 424 g/mol. The normalized spacial score (nSPS) is 11.6. The largest absolute Gasteiger partial charge is 0.260 e. The predicted octanol–water partition coefficient (Wildman–Crippen LogP) is 7.45. The van der Waals surface area contributed by atoms with Crippen LogP contribution in [0.5, 0.6) is 0 Å². The van der Waals surface area contributed by atoms with Crippen LogP contribution in [0.3, 0.4) is 0 Å². The first-order valence-corrected chi connectivity index (χ1v) is 9.47. The van der Waals surface area contributed by atoms with E-state index < -0.39 is 0 Å². The van der Waals surface area contributed by atoms with Crippen LogP contribution in [-0.4, -0.2) is 11.2 Å². The predicted molar refractivity (Wildman–Crippen MR) is 117 cm³/mol. The summed E-state index contributed by atoms with van der Waals surface area (Å²) in [7, 11) is 0. The number of benzene rings is 3. The summed E-state index contributed by atoms with van der Waals surface area (Å²) >= 11 is 24.6. The molecule has 0 saturated carbocycles. The van der Waals surface area contributed by atoms with Crippen molar-refractivity contribution in [2.75, 3.05) is 5.43 Å². The number of nitrogens with zero attached hydrogens (tertiary/aromatic N) is 2. The summed E-state index contributed by atoms with van der Waals surface area (Å²) in [5.41, 5.74) is 3.76. The molecule has 0 amide bonds. The van der Waals surface area contributed by atoms with Crippen molar-refractivity contribution >= 4 is 80.0 Å². The SMILES string of the molecule is Clc1cc(Cl)c(NN=Cc2c3ccccc3c(Cl)c3ccccc23)nc1Cl. The number of halogens is 4. The van der Waals surface area contributed by atoms with Gasteiger partial charge in [0.1, 0.15) is 5.15 Å². The third-order valence-electron chi connectivity index (χ3n) is 4.16. The van der Waals surface area contributed by atoms with Crippen molar-refractivity contribution in [3.8, 4) is 0 Å². The highest BCUT2D eigenvalue weighted by atomic mass is 35.5. The zero-order valence-corrected chi connectivity index (χ0v) is 16.7. The number of anilines is 1. The van der Waals surface area contributed by atoms with E-state index in [1.165, 1.54) is 6.07 Å². The van der Waals surface area contributed by atoms with E-state index in [0.29, 0.717) is 10.8 Å². The second-order valence-electron chi connectivity index (χ2n) is 5.78. The van der Waals surface area contributed by atoms with Gasteiger partial charge in [-0.2, -0.15) is 5.10 Å². The smallest absolute Gasteiger partial charge is 0.166 e. The highest BCUT2D eigenvalue weighted by Gasteiger charge is 2.11. The Kier molecular flexibility index (Phi) is 5.11. The number of hydrazone groups is 1. The van der Waals surface area contributed by atoms with E-state index in [0.717, 1.165) is 32.1 Å². The summed E-state index contributed by atoms with van der Waals surface area (Å²) in [4.78, 5) is 4.10. The van der Waals surface area contributed by atoms with Crippen LogP contribution >= 0.6 is 46.4 Å². The molecule has 0 saturated heterocycles. The standard InChI is InChI=1S/C20H11Cl4N3/c21-16-9-17(22)20(26-19(16)24)27-25-10-15-11-5-1-3-7-13(11)18(23)14-8-4-2-6-12(14)15/h1-10H,(H,26,27). The average molecular weight is 435 g/mol. The van der Waals surface area contributed by atoms with Gasteiger partial charge >= 0.3 is 0 Å². The maximum atomic E-state index is 6.61. The summed E-state index contributed by atoms with van der Waals surface area (Å²) in [6.45, 7) is 0. The van der Waals surface area contributed by atoms with Gasteiger partial charge < -0.3 is 0 Å². The summed E-state index contributed by atoms with van der Waals surface area (Å²) in [6.07, 6.45) is 1.72. The molecule has 1 heterocycles. The van der Waals surface area contributed by atoms with E-state index in [9.17, 15) is 0 Å². The lowest BCUT2D eigenvalue weighted by Crippen LogP contribution is -1.97. The van der Waals surface area contributed by atoms with E-state index in [4.69, 9.17) is 46.4 Å². The molecule has 0 bridgehead atoms. The van der Waals surface area contributed by atoms with E-state index >= 15 is 0 Å². The first-order chi connectivity index (χ1) is 13.1. The maximum Gasteiger partial charge on any atom is 0.166 e. The Morgan fingerprint density at radius 1 is 0.778 bits per heavy atom. The molecule has 0 radical (unpaired) electrons. The Hall–Kier alpha value is -2.04. The van der Waals surface area contributed by atoms with Gasteiger partial charge in [0.25, 0.3) is 0 Å². The fourth-order valence-corrected chi connectivity index (χ4v) is 3.80. The highest BCUT2D eigenvalue weighted by Crippen LogP contribution is 2.35. The van der Waals surface area contributed by atoms with E-state index in [1.54, 1.807) is 6.21 Å². The van der Waals surface area contributed by atoms with Gasteiger partial charge in [-0.05, 0) is 16.8 Å². The molecule has 7 heteroatoms. The van der Waals surface area contributed by atoms with Gasteiger partial charge in [-0.1, -0.05) is 94.9 Å². The lowest BCUT2D eigenvalue weighted by atomic mass is 9.97. The molecular formula is C20H11Cl4N3. The first-order valence-electron chi connectivity index (χ1n) is 7.96. The molecule has 1 N–H and O–H groups in total. The number of fused-ring (bicyclic) bond motifs is 2. The minimum atomic E-state index is 0.154. The van der Waals surface area contributed by atoms with E-state index in [2.05, 4.69) is 15.5 Å². The van der Waals surface area contributed by atoms with Gasteiger partial charge in [-0.3, -0.25) is 5.43 Å². The number of nitrogens with one attached hydrogen (secondary N) is 1. The number of aromatic nitrogens is 1. The van der Waals surface area contributed by atoms with Crippen molar-refractivity contribution in [1.82, 2.24) is 4.98 Å². The fourth-order valence-electron chi connectivity index (χ4n) is 2.93. The molecule has 0 unspecified atom stereocenters. The van der Waals surface area contributed by atoms with Crippen molar-refractivity contribution in [3.05, 3.63) is 80.4 Å². The molecule has 0 atom stereocenters.